The lowest BCUT2D eigenvalue weighted by molar-refractivity contribution is -0.0589. The van der Waals surface area contributed by atoms with Crippen LogP contribution in [-0.2, 0) is 0 Å². The normalized spacial score (nSPS) is 36.2. The third-order valence-electron chi connectivity index (χ3n) is 3.87. The van der Waals surface area contributed by atoms with Gasteiger partial charge in [0.05, 0.1) is 0 Å². The molecule has 2 rings (SSSR count). The molecule has 1 saturated heterocycles. The number of rotatable bonds is 2. The first kappa shape index (κ1) is 12.2. The van der Waals surface area contributed by atoms with Crippen molar-refractivity contribution in [1.29, 1.82) is 0 Å². The first-order chi connectivity index (χ1) is 7.57. The molecule has 2 fully saturated rings. The van der Waals surface area contributed by atoms with E-state index in [1.807, 2.05) is 0 Å². The molecule has 0 aromatic rings. The fraction of sp³-hybridized carbons (Fsp3) is 1.00. The summed E-state index contributed by atoms with van der Waals surface area (Å²) < 4.78 is 26.6. The van der Waals surface area contributed by atoms with Crippen molar-refractivity contribution in [2.75, 3.05) is 26.2 Å². The standard InChI is InChI=1S/C12H22F2N2/c1-10-8-15-5-6-16(10)9-11-3-2-4-12(13,14)7-11/h10-11,15H,2-9H2,1H3. The van der Waals surface area contributed by atoms with Crippen molar-refractivity contribution < 1.29 is 8.78 Å². The smallest absolute Gasteiger partial charge is 0.248 e. The molecule has 1 N–H and O–H groups in total. The molecular weight excluding hydrogens is 210 g/mol. The topological polar surface area (TPSA) is 15.3 Å². The van der Waals surface area contributed by atoms with Crippen molar-refractivity contribution in [3.05, 3.63) is 0 Å². The van der Waals surface area contributed by atoms with E-state index in [1.165, 1.54) is 0 Å². The second-order valence-corrected chi connectivity index (χ2v) is 5.37. The number of hydrogen-bond acceptors (Lipinski definition) is 2. The number of nitrogens with zero attached hydrogens (tertiary/aromatic N) is 1. The summed E-state index contributed by atoms with van der Waals surface area (Å²) >= 11 is 0. The van der Waals surface area contributed by atoms with Crippen LogP contribution in [0.5, 0.6) is 0 Å². The van der Waals surface area contributed by atoms with Gasteiger partial charge in [-0.05, 0) is 25.7 Å². The molecule has 4 heteroatoms. The zero-order valence-corrected chi connectivity index (χ0v) is 10.0. The van der Waals surface area contributed by atoms with Crippen LogP contribution in [0.2, 0.25) is 0 Å². The first-order valence-corrected chi connectivity index (χ1v) is 6.39. The van der Waals surface area contributed by atoms with Gasteiger partial charge in [0.25, 0.3) is 0 Å². The van der Waals surface area contributed by atoms with Crippen LogP contribution in [0, 0.1) is 5.92 Å². The van der Waals surface area contributed by atoms with Crippen LogP contribution < -0.4 is 5.32 Å². The Bertz CT molecular complexity index is 233. The van der Waals surface area contributed by atoms with Crippen molar-refractivity contribution in [1.82, 2.24) is 10.2 Å². The molecule has 0 bridgehead atoms. The van der Waals surface area contributed by atoms with E-state index in [0.29, 0.717) is 12.5 Å². The Balaban J connectivity index is 1.84. The van der Waals surface area contributed by atoms with Gasteiger partial charge in [0.1, 0.15) is 0 Å². The molecule has 0 aromatic heterocycles. The summed E-state index contributed by atoms with van der Waals surface area (Å²) in [6, 6.07) is 0.490. The highest BCUT2D eigenvalue weighted by molar-refractivity contribution is 4.83. The third-order valence-corrected chi connectivity index (χ3v) is 3.87. The fourth-order valence-electron chi connectivity index (χ4n) is 2.92. The number of halogens is 2. The Kier molecular flexibility index (Phi) is 3.80. The molecule has 2 nitrogen and oxygen atoms in total. The maximum absolute atomic E-state index is 13.3. The maximum Gasteiger partial charge on any atom is 0.248 e. The van der Waals surface area contributed by atoms with Gasteiger partial charge >= 0.3 is 0 Å². The Morgan fingerprint density at radius 2 is 2.25 bits per heavy atom. The molecular formula is C12H22F2N2. The highest BCUT2D eigenvalue weighted by Crippen LogP contribution is 2.37. The lowest BCUT2D eigenvalue weighted by atomic mass is 9.86. The van der Waals surface area contributed by atoms with Crippen molar-refractivity contribution in [2.24, 2.45) is 5.92 Å². The average Bonchev–Trinajstić information content (AvgIpc) is 2.20. The lowest BCUT2D eigenvalue weighted by Crippen LogP contribution is -2.51. The molecule has 2 unspecified atom stereocenters. The van der Waals surface area contributed by atoms with Crippen LogP contribution in [0.25, 0.3) is 0 Å². The van der Waals surface area contributed by atoms with Crippen LogP contribution in [0.4, 0.5) is 8.78 Å². The monoisotopic (exact) mass is 232 g/mol. The Labute approximate surface area is 96.4 Å². The summed E-state index contributed by atoms with van der Waals surface area (Å²) in [4.78, 5) is 2.36. The minimum absolute atomic E-state index is 0.0978. The molecule has 16 heavy (non-hydrogen) atoms. The Morgan fingerprint density at radius 3 is 2.94 bits per heavy atom. The minimum atomic E-state index is -2.40. The van der Waals surface area contributed by atoms with Crippen molar-refractivity contribution >= 4 is 0 Å². The highest BCUT2D eigenvalue weighted by atomic mass is 19.3. The van der Waals surface area contributed by atoms with Crippen molar-refractivity contribution in [3.8, 4) is 0 Å². The van der Waals surface area contributed by atoms with Crippen molar-refractivity contribution in [2.45, 2.75) is 44.6 Å². The van der Waals surface area contributed by atoms with Gasteiger partial charge in [-0.15, -0.1) is 0 Å². The SMILES string of the molecule is CC1CNCCN1CC1CCCC(F)(F)C1. The summed E-state index contributed by atoms with van der Waals surface area (Å²) in [5.74, 6) is -2.20. The molecule has 1 aliphatic carbocycles. The van der Waals surface area contributed by atoms with E-state index in [0.717, 1.165) is 32.6 Å². The second-order valence-electron chi connectivity index (χ2n) is 5.37. The molecule has 0 spiro atoms. The van der Waals surface area contributed by atoms with Crippen LogP contribution in [0.3, 0.4) is 0 Å². The Morgan fingerprint density at radius 1 is 1.44 bits per heavy atom. The zero-order chi connectivity index (χ0) is 11.6. The van der Waals surface area contributed by atoms with Gasteiger partial charge in [-0.25, -0.2) is 8.78 Å². The molecule has 1 heterocycles. The van der Waals surface area contributed by atoms with Crippen LogP contribution >= 0.6 is 0 Å². The van der Waals surface area contributed by atoms with E-state index in [4.69, 9.17) is 0 Å². The molecule has 1 aliphatic heterocycles. The van der Waals surface area contributed by atoms with Gasteiger partial charge in [-0.2, -0.15) is 0 Å². The van der Waals surface area contributed by atoms with Gasteiger partial charge in [0, 0.05) is 45.1 Å². The highest BCUT2D eigenvalue weighted by Gasteiger charge is 2.37. The molecule has 94 valence electrons. The molecule has 1 saturated carbocycles. The molecule has 0 aromatic carbocycles. The average molecular weight is 232 g/mol. The fourth-order valence-corrected chi connectivity index (χ4v) is 2.92. The number of piperazine rings is 1. The van der Waals surface area contributed by atoms with E-state index in [2.05, 4.69) is 17.1 Å². The van der Waals surface area contributed by atoms with E-state index < -0.39 is 5.92 Å². The maximum atomic E-state index is 13.3. The van der Waals surface area contributed by atoms with Crippen LogP contribution in [0.1, 0.15) is 32.6 Å². The predicted molar refractivity (Wildman–Crippen MR) is 60.8 cm³/mol. The van der Waals surface area contributed by atoms with Crippen LogP contribution in [-0.4, -0.2) is 43.0 Å². The lowest BCUT2D eigenvalue weighted by Gasteiger charge is -2.38. The van der Waals surface area contributed by atoms with Gasteiger partial charge < -0.3 is 5.32 Å². The summed E-state index contributed by atoms with van der Waals surface area (Å²) in [5, 5.41) is 3.33. The third kappa shape index (κ3) is 3.14. The molecule has 0 amide bonds. The Hall–Kier alpha value is -0.220. The number of alkyl halides is 2. The van der Waals surface area contributed by atoms with Crippen molar-refractivity contribution in [3.63, 3.8) is 0 Å². The summed E-state index contributed by atoms with van der Waals surface area (Å²) in [6.07, 6.45) is 1.87. The quantitative estimate of drug-likeness (QED) is 0.784. The summed E-state index contributed by atoms with van der Waals surface area (Å²) in [7, 11) is 0. The largest absolute Gasteiger partial charge is 0.314 e. The van der Waals surface area contributed by atoms with Gasteiger partial charge in [0.2, 0.25) is 5.92 Å². The van der Waals surface area contributed by atoms with Gasteiger partial charge in [0.15, 0.2) is 0 Å². The van der Waals surface area contributed by atoms with E-state index in [-0.39, 0.29) is 18.8 Å². The number of hydrogen-bond donors (Lipinski definition) is 1. The van der Waals surface area contributed by atoms with E-state index >= 15 is 0 Å². The first-order valence-electron chi connectivity index (χ1n) is 6.39. The molecule has 2 aliphatic rings. The predicted octanol–water partition coefficient (Wildman–Crippen LogP) is 2.11. The van der Waals surface area contributed by atoms with Gasteiger partial charge in [-0.3, -0.25) is 4.90 Å². The second kappa shape index (κ2) is 4.96. The zero-order valence-electron chi connectivity index (χ0n) is 10.0. The van der Waals surface area contributed by atoms with E-state index in [1.54, 1.807) is 0 Å². The van der Waals surface area contributed by atoms with Gasteiger partial charge in [-0.1, -0.05) is 0 Å². The summed E-state index contributed by atoms with van der Waals surface area (Å²) in [6.45, 7) is 6.02. The molecule has 0 radical (unpaired) electrons. The minimum Gasteiger partial charge on any atom is -0.314 e. The molecule has 2 atom stereocenters. The van der Waals surface area contributed by atoms with Crippen LogP contribution in [0.15, 0.2) is 0 Å². The summed E-state index contributed by atoms with van der Waals surface area (Å²) in [5.41, 5.74) is 0. The van der Waals surface area contributed by atoms with E-state index in [9.17, 15) is 8.78 Å². The number of nitrogens with one attached hydrogen (secondary N) is 1.